The summed E-state index contributed by atoms with van der Waals surface area (Å²) in [4.78, 5) is 10.4. The lowest BCUT2D eigenvalue weighted by Crippen LogP contribution is -2.13. The molecule has 4 heteroatoms. The number of aliphatic carboxylic acids is 1. The molecule has 4 nitrogen and oxygen atoms in total. The summed E-state index contributed by atoms with van der Waals surface area (Å²) in [6, 6.07) is 0. The molecule has 136 valence electrons. The lowest BCUT2D eigenvalue weighted by atomic mass is 10.1. The van der Waals surface area contributed by atoms with Crippen LogP contribution in [0.1, 0.15) is 64.7 Å². The Morgan fingerprint density at radius 3 is 2.58 bits per heavy atom. The van der Waals surface area contributed by atoms with Crippen LogP contribution >= 0.6 is 0 Å². The van der Waals surface area contributed by atoms with Gasteiger partial charge in [0.05, 0.1) is 6.10 Å². The van der Waals surface area contributed by atoms with Crippen molar-refractivity contribution in [1.82, 2.24) is 0 Å². The van der Waals surface area contributed by atoms with Crippen LogP contribution in [-0.4, -0.2) is 34.5 Å². The van der Waals surface area contributed by atoms with Crippen molar-refractivity contribution >= 4 is 5.97 Å². The number of carbonyl (C=O) groups is 1. The van der Waals surface area contributed by atoms with Crippen LogP contribution in [0.4, 0.5) is 0 Å². The van der Waals surface area contributed by atoms with Crippen molar-refractivity contribution in [1.29, 1.82) is 0 Å². The number of allylic oxidation sites excluding steroid dienone is 4. The average Bonchev–Trinajstić information content (AvgIpc) is 3.32. The van der Waals surface area contributed by atoms with Gasteiger partial charge in [-0.2, -0.15) is 0 Å². The number of epoxide rings is 1. The zero-order chi connectivity index (χ0) is 17.6. The zero-order valence-corrected chi connectivity index (χ0v) is 14.8. The molecule has 0 aromatic carbocycles. The normalized spacial score (nSPS) is 21.9. The van der Waals surface area contributed by atoms with Crippen LogP contribution in [-0.2, 0) is 9.53 Å². The third-order valence-corrected chi connectivity index (χ3v) is 4.00. The minimum absolute atomic E-state index is 0.105. The van der Waals surface area contributed by atoms with Gasteiger partial charge in [-0.3, -0.25) is 4.79 Å². The van der Waals surface area contributed by atoms with Gasteiger partial charge in [0.25, 0.3) is 0 Å². The van der Waals surface area contributed by atoms with Gasteiger partial charge in [0.15, 0.2) is 0 Å². The maximum Gasteiger partial charge on any atom is 0.303 e. The second kappa shape index (κ2) is 13.0. The van der Waals surface area contributed by atoms with Gasteiger partial charge in [0.1, 0.15) is 12.2 Å². The molecular formula is C20H32O4. The van der Waals surface area contributed by atoms with E-state index < -0.39 is 12.1 Å². The number of aliphatic hydroxyl groups excluding tert-OH is 1. The van der Waals surface area contributed by atoms with Gasteiger partial charge in [0.2, 0.25) is 0 Å². The SMILES string of the molecule is CCCCCC=CCC=CCC1OC1C(O)C=CCCCC(=O)O. The van der Waals surface area contributed by atoms with E-state index in [1.807, 2.05) is 6.08 Å². The molecule has 1 saturated heterocycles. The summed E-state index contributed by atoms with van der Waals surface area (Å²) in [5.74, 6) is -0.780. The Bertz CT molecular complexity index is 425. The molecular weight excluding hydrogens is 304 g/mol. The van der Waals surface area contributed by atoms with E-state index in [4.69, 9.17) is 9.84 Å². The molecule has 1 aliphatic rings. The molecule has 0 spiro atoms. The van der Waals surface area contributed by atoms with E-state index >= 15 is 0 Å². The molecule has 3 atom stereocenters. The first-order valence-corrected chi connectivity index (χ1v) is 9.17. The summed E-state index contributed by atoms with van der Waals surface area (Å²) in [7, 11) is 0. The van der Waals surface area contributed by atoms with Crippen molar-refractivity contribution in [2.75, 3.05) is 0 Å². The van der Waals surface area contributed by atoms with Crippen molar-refractivity contribution in [3.05, 3.63) is 36.5 Å². The molecule has 1 rings (SSSR count). The predicted octanol–water partition coefficient (Wildman–Crippen LogP) is 4.40. The number of carboxylic acid groups (broad SMARTS) is 1. The molecule has 0 bridgehead atoms. The highest BCUT2D eigenvalue weighted by Gasteiger charge is 2.42. The Morgan fingerprint density at radius 2 is 1.83 bits per heavy atom. The number of hydrogen-bond donors (Lipinski definition) is 2. The Morgan fingerprint density at radius 1 is 1.08 bits per heavy atom. The van der Waals surface area contributed by atoms with Crippen LogP contribution in [0.3, 0.4) is 0 Å². The zero-order valence-electron chi connectivity index (χ0n) is 14.8. The highest BCUT2D eigenvalue weighted by molar-refractivity contribution is 5.66. The number of ether oxygens (including phenoxy) is 1. The molecule has 1 aliphatic heterocycles. The lowest BCUT2D eigenvalue weighted by molar-refractivity contribution is -0.137. The first-order chi connectivity index (χ1) is 11.6. The molecule has 24 heavy (non-hydrogen) atoms. The van der Waals surface area contributed by atoms with Crippen molar-refractivity contribution in [3.8, 4) is 0 Å². The third-order valence-electron chi connectivity index (χ3n) is 4.00. The van der Waals surface area contributed by atoms with E-state index in [1.165, 1.54) is 25.7 Å². The van der Waals surface area contributed by atoms with E-state index in [1.54, 1.807) is 6.08 Å². The number of rotatable bonds is 14. The fraction of sp³-hybridized carbons (Fsp3) is 0.650. The standard InChI is InChI=1S/C20H32O4/c1-2-3-4-5-6-7-8-9-12-15-18-20(24-18)17(21)14-11-10-13-16-19(22)23/h6-7,9,11-12,14,17-18,20-21H,2-5,8,10,13,15-16H2,1H3,(H,22,23). The first-order valence-electron chi connectivity index (χ1n) is 9.17. The Hall–Kier alpha value is -1.39. The lowest BCUT2D eigenvalue weighted by Gasteiger charge is -1.99. The number of carboxylic acids is 1. The van der Waals surface area contributed by atoms with Crippen LogP contribution in [0.25, 0.3) is 0 Å². The van der Waals surface area contributed by atoms with E-state index in [2.05, 4.69) is 31.2 Å². The predicted molar refractivity (Wildman–Crippen MR) is 97.0 cm³/mol. The fourth-order valence-corrected chi connectivity index (χ4v) is 2.49. The first kappa shape index (κ1) is 20.7. The minimum atomic E-state index is -0.780. The van der Waals surface area contributed by atoms with E-state index in [-0.39, 0.29) is 18.6 Å². The second-order valence-electron chi connectivity index (χ2n) is 6.25. The molecule has 0 aliphatic carbocycles. The van der Waals surface area contributed by atoms with Crippen molar-refractivity contribution < 1.29 is 19.7 Å². The Labute approximate surface area is 145 Å². The molecule has 2 N–H and O–H groups in total. The third kappa shape index (κ3) is 10.4. The van der Waals surface area contributed by atoms with Gasteiger partial charge in [-0.15, -0.1) is 0 Å². The van der Waals surface area contributed by atoms with Crippen LogP contribution in [0.2, 0.25) is 0 Å². The number of unbranched alkanes of at least 4 members (excludes halogenated alkanes) is 4. The summed E-state index contributed by atoms with van der Waals surface area (Å²) >= 11 is 0. The van der Waals surface area contributed by atoms with E-state index in [0.29, 0.717) is 12.8 Å². The summed E-state index contributed by atoms with van der Waals surface area (Å²) in [5.41, 5.74) is 0. The van der Waals surface area contributed by atoms with Gasteiger partial charge >= 0.3 is 5.97 Å². The topological polar surface area (TPSA) is 70.1 Å². The molecule has 0 aromatic rings. The summed E-state index contributed by atoms with van der Waals surface area (Å²) in [5, 5.41) is 18.5. The number of aliphatic hydroxyl groups is 1. The maximum absolute atomic E-state index is 10.4. The highest BCUT2D eigenvalue weighted by atomic mass is 16.6. The summed E-state index contributed by atoms with van der Waals surface area (Å²) in [6.07, 6.45) is 19.9. The number of hydrogen-bond acceptors (Lipinski definition) is 3. The maximum atomic E-state index is 10.4. The van der Waals surface area contributed by atoms with Gasteiger partial charge in [-0.25, -0.2) is 0 Å². The molecule has 1 heterocycles. The molecule has 1 fully saturated rings. The monoisotopic (exact) mass is 336 g/mol. The van der Waals surface area contributed by atoms with Crippen LogP contribution < -0.4 is 0 Å². The van der Waals surface area contributed by atoms with E-state index in [0.717, 1.165) is 12.8 Å². The smallest absolute Gasteiger partial charge is 0.303 e. The van der Waals surface area contributed by atoms with Crippen LogP contribution in [0.5, 0.6) is 0 Å². The molecule has 0 amide bonds. The highest BCUT2D eigenvalue weighted by Crippen LogP contribution is 2.29. The van der Waals surface area contributed by atoms with Gasteiger partial charge in [-0.05, 0) is 38.5 Å². The fourth-order valence-electron chi connectivity index (χ4n) is 2.49. The Balaban J connectivity index is 2.03. The van der Waals surface area contributed by atoms with Gasteiger partial charge in [0, 0.05) is 6.42 Å². The van der Waals surface area contributed by atoms with Gasteiger partial charge in [-0.1, -0.05) is 56.2 Å². The molecule has 0 aromatic heterocycles. The molecule has 3 unspecified atom stereocenters. The van der Waals surface area contributed by atoms with E-state index in [9.17, 15) is 9.90 Å². The summed E-state index contributed by atoms with van der Waals surface area (Å²) in [6.45, 7) is 2.21. The van der Waals surface area contributed by atoms with Crippen molar-refractivity contribution in [2.45, 2.75) is 83.0 Å². The average molecular weight is 336 g/mol. The second-order valence-corrected chi connectivity index (χ2v) is 6.25. The Kier molecular flexibility index (Phi) is 11.2. The van der Waals surface area contributed by atoms with Crippen LogP contribution in [0.15, 0.2) is 36.5 Å². The molecule has 0 saturated carbocycles. The van der Waals surface area contributed by atoms with Gasteiger partial charge < -0.3 is 14.9 Å². The summed E-state index contributed by atoms with van der Waals surface area (Å²) < 4.78 is 5.48. The minimum Gasteiger partial charge on any atom is -0.481 e. The van der Waals surface area contributed by atoms with Crippen LogP contribution in [0, 0.1) is 0 Å². The largest absolute Gasteiger partial charge is 0.481 e. The quantitative estimate of drug-likeness (QED) is 0.280. The van der Waals surface area contributed by atoms with Crippen molar-refractivity contribution in [3.63, 3.8) is 0 Å². The van der Waals surface area contributed by atoms with Crippen molar-refractivity contribution in [2.24, 2.45) is 0 Å². The molecule has 0 radical (unpaired) electrons.